The Bertz CT molecular complexity index is 160. The monoisotopic (exact) mass is 141 g/mol. The first-order valence-electron chi connectivity index (χ1n) is 2.83. The lowest BCUT2D eigenvalue weighted by Gasteiger charge is -2.03. The lowest BCUT2D eigenvalue weighted by atomic mass is 10.2. The van der Waals surface area contributed by atoms with Gasteiger partial charge in [0.25, 0.3) is 0 Å². The van der Waals surface area contributed by atoms with Gasteiger partial charge in [-0.25, -0.2) is 4.79 Å². The van der Waals surface area contributed by atoms with E-state index in [0.717, 1.165) is 0 Å². The lowest BCUT2D eigenvalue weighted by molar-refractivity contribution is -0.109. The maximum absolute atomic E-state index is 10.4. The average molecular weight is 141 g/mol. The quantitative estimate of drug-likeness (QED) is 0.429. The van der Waals surface area contributed by atoms with Crippen LogP contribution in [0.2, 0.25) is 0 Å². The van der Waals surface area contributed by atoms with Crippen LogP contribution in [0.5, 0.6) is 0 Å². The molecule has 0 aromatic rings. The number of amides is 1. The van der Waals surface area contributed by atoms with Crippen molar-refractivity contribution in [3.8, 4) is 0 Å². The van der Waals surface area contributed by atoms with Gasteiger partial charge in [0, 0.05) is 0 Å². The Morgan fingerprint density at radius 2 is 2.40 bits per heavy atom. The maximum atomic E-state index is 10.4. The molecular formula is C6H7NO3. The molecule has 1 rings (SSSR count). The topological polar surface area (TPSA) is 55.4 Å². The van der Waals surface area contributed by atoms with Crippen molar-refractivity contribution in [2.24, 2.45) is 0 Å². The van der Waals surface area contributed by atoms with Gasteiger partial charge in [-0.1, -0.05) is 6.58 Å². The molecular weight excluding hydrogens is 134 g/mol. The third kappa shape index (κ3) is 1.00. The maximum Gasteiger partial charge on any atom is 0.408 e. The van der Waals surface area contributed by atoms with Gasteiger partial charge in [-0.3, -0.25) is 0 Å². The zero-order chi connectivity index (χ0) is 7.56. The summed E-state index contributed by atoms with van der Waals surface area (Å²) in [6.07, 6.45) is 0.959. The number of aldehydes is 1. The van der Waals surface area contributed by atoms with Gasteiger partial charge in [0.05, 0.1) is 0 Å². The number of carbonyl (C=O) groups is 2. The predicted molar refractivity (Wildman–Crippen MR) is 33.5 cm³/mol. The van der Waals surface area contributed by atoms with Crippen molar-refractivity contribution in [2.75, 3.05) is 0 Å². The van der Waals surface area contributed by atoms with Crippen LogP contribution in [0.25, 0.3) is 0 Å². The van der Waals surface area contributed by atoms with Gasteiger partial charge in [0.15, 0.2) is 0 Å². The first kappa shape index (κ1) is 6.80. The van der Waals surface area contributed by atoms with E-state index in [2.05, 4.69) is 16.6 Å². The van der Waals surface area contributed by atoms with Crippen LogP contribution >= 0.6 is 0 Å². The summed E-state index contributed by atoms with van der Waals surface area (Å²) in [5.41, 5.74) is 0. The minimum Gasteiger partial charge on any atom is -0.439 e. The molecule has 0 radical (unpaired) electrons. The Morgan fingerprint density at radius 1 is 1.70 bits per heavy atom. The number of alkyl carbamates (subject to hydrolysis) is 1. The van der Waals surface area contributed by atoms with E-state index in [-0.39, 0.29) is 0 Å². The van der Waals surface area contributed by atoms with E-state index >= 15 is 0 Å². The van der Waals surface area contributed by atoms with Crippen molar-refractivity contribution < 1.29 is 14.3 Å². The molecule has 0 unspecified atom stereocenters. The molecule has 0 bridgehead atoms. The first-order valence-corrected chi connectivity index (χ1v) is 2.83. The summed E-state index contributed by atoms with van der Waals surface area (Å²) in [6.45, 7) is 3.40. The largest absolute Gasteiger partial charge is 0.439 e. The van der Waals surface area contributed by atoms with Crippen LogP contribution in [-0.2, 0) is 9.53 Å². The second-order valence-corrected chi connectivity index (χ2v) is 1.91. The van der Waals surface area contributed by atoms with E-state index in [0.29, 0.717) is 6.29 Å². The van der Waals surface area contributed by atoms with Gasteiger partial charge in [0.1, 0.15) is 18.4 Å². The Kier molecular flexibility index (Phi) is 1.71. The van der Waals surface area contributed by atoms with Gasteiger partial charge >= 0.3 is 6.09 Å². The van der Waals surface area contributed by atoms with E-state index in [4.69, 9.17) is 0 Å². The minimum absolute atomic E-state index is 0.509. The highest BCUT2D eigenvalue weighted by Gasteiger charge is 2.30. The van der Waals surface area contributed by atoms with Crippen LogP contribution in [0.15, 0.2) is 12.7 Å². The third-order valence-corrected chi connectivity index (χ3v) is 1.26. The smallest absolute Gasteiger partial charge is 0.408 e. The van der Waals surface area contributed by atoms with Crippen LogP contribution < -0.4 is 5.32 Å². The van der Waals surface area contributed by atoms with Crippen molar-refractivity contribution in [3.05, 3.63) is 12.7 Å². The molecule has 0 aromatic heterocycles. The molecule has 1 amide bonds. The number of hydrogen-bond acceptors (Lipinski definition) is 3. The summed E-state index contributed by atoms with van der Waals surface area (Å²) in [4.78, 5) is 20.6. The first-order chi connectivity index (χ1) is 4.77. The molecule has 0 saturated carbocycles. The number of cyclic esters (lactones) is 1. The van der Waals surface area contributed by atoms with Crippen LogP contribution in [0.3, 0.4) is 0 Å². The molecule has 4 nitrogen and oxygen atoms in total. The van der Waals surface area contributed by atoms with Crippen LogP contribution in [0.1, 0.15) is 0 Å². The Morgan fingerprint density at radius 3 is 2.80 bits per heavy atom. The molecule has 1 fully saturated rings. The molecule has 1 heterocycles. The van der Waals surface area contributed by atoms with E-state index in [9.17, 15) is 9.59 Å². The predicted octanol–water partition coefficient (Wildman–Crippen LogP) is -0.152. The lowest BCUT2D eigenvalue weighted by Crippen LogP contribution is -2.31. The van der Waals surface area contributed by atoms with Crippen molar-refractivity contribution in [1.82, 2.24) is 5.32 Å². The van der Waals surface area contributed by atoms with Crippen molar-refractivity contribution in [2.45, 2.75) is 12.1 Å². The molecule has 0 aliphatic carbocycles. The highest BCUT2D eigenvalue weighted by Crippen LogP contribution is 2.06. The summed E-state index contributed by atoms with van der Waals surface area (Å²) in [6, 6.07) is -0.565. The minimum atomic E-state index is -0.568. The zero-order valence-corrected chi connectivity index (χ0v) is 5.24. The summed E-state index contributed by atoms with van der Waals surface area (Å²) < 4.78 is 4.61. The molecule has 0 spiro atoms. The number of hydrogen-bond donors (Lipinski definition) is 1. The molecule has 1 aliphatic rings. The fourth-order valence-corrected chi connectivity index (χ4v) is 0.755. The van der Waals surface area contributed by atoms with Crippen molar-refractivity contribution in [3.63, 3.8) is 0 Å². The number of rotatable bonds is 2. The van der Waals surface area contributed by atoms with Gasteiger partial charge in [-0.2, -0.15) is 0 Å². The van der Waals surface area contributed by atoms with Gasteiger partial charge in [0.2, 0.25) is 0 Å². The van der Waals surface area contributed by atoms with Gasteiger partial charge in [-0.05, 0) is 6.08 Å². The second-order valence-electron chi connectivity index (χ2n) is 1.91. The molecule has 1 N–H and O–H groups in total. The zero-order valence-electron chi connectivity index (χ0n) is 5.24. The van der Waals surface area contributed by atoms with E-state index in [1.54, 1.807) is 0 Å². The molecule has 1 saturated heterocycles. The highest BCUT2D eigenvalue weighted by atomic mass is 16.6. The highest BCUT2D eigenvalue weighted by molar-refractivity contribution is 5.77. The third-order valence-electron chi connectivity index (χ3n) is 1.26. The molecule has 0 aromatic carbocycles. The molecule has 4 heteroatoms. The van der Waals surface area contributed by atoms with Gasteiger partial charge < -0.3 is 14.8 Å². The summed E-state index contributed by atoms with van der Waals surface area (Å²) >= 11 is 0. The van der Waals surface area contributed by atoms with Crippen molar-refractivity contribution >= 4 is 12.4 Å². The SMILES string of the molecule is C=C[C@@H]1OC(=O)N[C@H]1C=O. The Labute approximate surface area is 57.9 Å². The van der Waals surface area contributed by atoms with Crippen molar-refractivity contribution in [1.29, 1.82) is 0 Å². The Hall–Kier alpha value is -1.32. The fraction of sp³-hybridized carbons (Fsp3) is 0.333. The number of nitrogens with one attached hydrogen (secondary N) is 1. The normalized spacial score (nSPS) is 30.6. The average Bonchev–Trinajstić information content (AvgIpc) is 2.30. The van der Waals surface area contributed by atoms with Crippen LogP contribution in [0.4, 0.5) is 4.79 Å². The second kappa shape index (κ2) is 2.51. The molecule has 1 aliphatic heterocycles. The summed E-state index contributed by atoms with van der Waals surface area (Å²) in [5.74, 6) is 0. The summed E-state index contributed by atoms with van der Waals surface area (Å²) in [7, 11) is 0. The van der Waals surface area contributed by atoms with Gasteiger partial charge in [-0.15, -0.1) is 0 Å². The Balaban J connectivity index is 2.65. The van der Waals surface area contributed by atoms with Crippen LogP contribution in [-0.4, -0.2) is 24.5 Å². The molecule has 2 atom stereocenters. The van der Waals surface area contributed by atoms with Crippen LogP contribution in [0, 0.1) is 0 Å². The van der Waals surface area contributed by atoms with E-state index in [1.807, 2.05) is 0 Å². The number of carbonyl (C=O) groups excluding carboxylic acids is 2. The van der Waals surface area contributed by atoms with E-state index in [1.165, 1.54) is 6.08 Å². The summed E-state index contributed by atoms with van der Waals surface area (Å²) in [5, 5.41) is 2.30. The fourth-order valence-electron chi connectivity index (χ4n) is 0.755. The molecule has 10 heavy (non-hydrogen) atoms. The van der Waals surface area contributed by atoms with E-state index < -0.39 is 18.2 Å². The molecule has 54 valence electrons. The standard InChI is InChI=1S/C6H7NO3/c1-2-5-4(3-8)7-6(9)10-5/h2-5H,1H2,(H,7,9)/t4-,5-/m0/s1. The number of ether oxygens (including phenoxy) is 1.